The van der Waals surface area contributed by atoms with Crippen molar-refractivity contribution in [1.29, 1.82) is 0 Å². The molecule has 1 aliphatic rings. The highest BCUT2D eigenvalue weighted by atomic mass is 35.5. The van der Waals surface area contributed by atoms with Gasteiger partial charge in [-0.1, -0.05) is 74.3 Å². The summed E-state index contributed by atoms with van der Waals surface area (Å²) in [5.41, 5.74) is 2.06. The molecule has 0 spiro atoms. The van der Waals surface area contributed by atoms with Crippen LogP contribution in [0.1, 0.15) is 49.0 Å². The van der Waals surface area contributed by atoms with Gasteiger partial charge in [0.05, 0.1) is 5.69 Å². The quantitative estimate of drug-likeness (QED) is 0.397. The third-order valence-corrected chi connectivity index (χ3v) is 6.83. The van der Waals surface area contributed by atoms with Gasteiger partial charge in [-0.05, 0) is 42.0 Å². The van der Waals surface area contributed by atoms with E-state index in [0.29, 0.717) is 23.6 Å². The van der Waals surface area contributed by atoms with Crippen LogP contribution in [0, 0.1) is 0 Å². The number of halogens is 1. The van der Waals surface area contributed by atoms with Gasteiger partial charge in [-0.15, -0.1) is 0 Å². The fourth-order valence-electron chi connectivity index (χ4n) is 4.60. The van der Waals surface area contributed by atoms with Crippen molar-refractivity contribution in [2.75, 3.05) is 18.0 Å². The van der Waals surface area contributed by atoms with Crippen LogP contribution in [-0.2, 0) is 16.1 Å². The Kier molecular flexibility index (Phi) is 7.71. The first kappa shape index (κ1) is 24.7. The van der Waals surface area contributed by atoms with E-state index in [1.807, 2.05) is 55.5 Å². The van der Waals surface area contributed by atoms with E-state index < -0.39 is 6.04 Å². The molecule has 1 N–H and O–H groups in total. The molecule has 6 nitrogen and oxygen atoms in total. The summed E-state index contributed by atoms with van der Waals surface area (Å²) in [7, 11) is 0. The maximum Gasteiger partial charge on any atom is 0.259 e. The number of nitrogens with zero attached hydrogens (tertiary/aromatic N) is 2. The van der Waals surface area contributed by atoms with E-state index in [1.54, 1.807) is 17.0 Å². The van der Waals surface area contributed by atoms with Gasteiger partial charge in [0.15, 0.2) is 0 Å². The van der Waals surface area contributed by atoms with Gasteiger partial charge in [-0.3, -0.25) is 19.3 Å². The van der Waals surface area contributed by atoms with Crippen molar-refractivity contribution < 1.29 is 14.4 Å². The van der Waals surface area contributed by atoms with E-state index in [1.165, 1.54) is 4.90 Å². The minimum atomic E-state index is -0.675. The van der Waals surface area contributed by atoms with Crippen molar-refractivity contribution in [2.45, 2.75) is 45.7 Å². The molecule has 0 saturated carbocycles. The van der Waals surface area contributed by atoms with Crippen LogP contribution in [0.5, 0.6) is 0 Å². The summed E-state index contributed by atoms with van der Waals surface area (Å²) in [6.07, 6.45) is 2.27. The zero-order chi connectivity index (χ0) is 24.9. The Morgan fingerprint density at radius 2 is 1.77 bits per heavy atom. The second-order valence-electron chi connectivity index (χ2n) is 8.75. The van der Waals surface area contributed by atoms with Gasteiger partial charge in [-0.25, -0.2) is 0 Å². The Labute approximate surface area is 210 Å². The summed E-state index contributed by atoms with van der Waals surface area (Å²) in [5, 5.41) is 5.30. The second kappa shape index (κ2) is 10.9. The molecule has 0 unspecified atom stereocenters. The lowest BCUT2D eigenvalue weighted by Crippen LogP contribution is -2.52. The first-order valence-corrected chi connectivity index (χ1v) is 12.5. The van der Waals surface area contributed by atoms with Crippen LogP contribution in [-0.4, -0.2) is 41.8 Å². The number of hydrogen-bond acceptors (Lipinski definition) is 3. The van der Waals surface area contributed by atoms with Crippen molar-refractivity contribution in [2.24, 2.45) is 0 Å². The van der Waals surface area contributed by atoms with Crippen LogP contribution in [0.15, 0.2) is 60.7 Å². The van der Waals surface area contributed by atoms with Gasteiger partial charge in [0.1, 0.15) is 12.6 Å². The number of hydrogen-bond donors (Lipinski definition) is 1. The average Bonchev–Trinajstić information content (AvgIpc) is 3.13. The summed E-state index contributed by atoms with van der Waals surface area (Å²) >= 11 is 6.41. The molecule has 0 bridgehead atoms. The maximum atomic E-state index is 13.8. The molecule has 1 aliphatic heterocycles. The monoisotopic (exact) mass is 491 g/mol. The molecule has 182 valence electrons. The number of nitrogens with one attached hydrogen (secondary N) is 1. The first-order chi connectivity index (χ1) is 17.0. The average molecular weight is 492 g/mol. The first-order valence-electron chi connectivity index (χ1n) is 12.1. The van der Waals surface area contributed by atoms with Crippen molar-refractivity contribution in [1.82, 2.24) is 10.2 Å². The van der Waals surface area contributed by atoms with Crippen LogP contribution < -0.4 is 10.2 Å². The van der Waals surface area contributed by atoms with Crippen LogP contribution in [0.3, 0.4) is 0 Å². The fraction of sp³-hybridized carbons (Fsp3) is 0.321. The minimum Gasteiger partial charge on any atom is -0.354 e. The van der Waals surface area contributed by atoms with Gasteiger partial charge in [0.2, 0.25) is 11.8 Å². The lowest BCUT2D eigenvalue weighted by atomic mass is 10.1. The third-order valence-electron chi connectivity index (χ3n) is 6.46. The van der Waals surface area contributed by atoms with Gasteiger partial charge in [0, 0.05) is 29.1 Å². The van der Waals surface area contributed by atoms with Crippen LogP contribution in [0.25, 0.3) is 10.8 Å². The Morgan fingerprint density at radius 3 is 2.49 bits per heavy atom. The van der Waals surface area contributed by atoms with Gasteiger partial charge < -0.3 is 10.2 Å². The van der Waals surface area contributed by atoms with E-state index in [2.05, 4.69) is 12.2 Å². The molecule has 0 aromatic heterocycles. The minimum absolute atomic E-state index is 0.157. The zero-order valence-electron chi connectivity index (χ0n) is 20.1. The molecule has 1 heterocycles. The molecule has 0 saturated heterocycles. The second-order valence-corrected chi connectivity index (χ2v) is 9.16. The summed E-state index contributed by atoms with van der Waals surface area (Å²) < 4.78 is 0. The SMILES string of the molecule is CCCCNC(=O)[C@H](CC)N(Cc1ccccc1Cl)C(=O)CN1C(=O)c2cccc3cccc1c23. The highest BCUT2D eigenvalue weighted by molar-refractivity contribution is 6.31. The maximum absolute atomic E-state index is 13.8. The van der Waals surface area contributed by atoms with Gasteiger partial charge in [0.25, 0.3) is 5.91 Å². The molecule has 0 radical (unpaired) electrons. The molecule has 1 atom stereocenters. The Morgan fingerprint density at radius 1 is 1.03 bits per heavy atom. The summed E-state index contributed by atoms with van der Waals surface area (Å²) in [5.74, 6) is -0.705. The number of amides is 3. The van der Waals surface area contributed by atoms with E-state index >= 15 is 0 Å². The molecular formula is C28H30ClN3O3. The molecule has 3 aromatic carbocycles. The normalized spacial score (nSPS) is 13.2. The molecule has 7 heteroatoms. The van der Waals surface area contributed by atoms with E-state index in [0.717, 1.165) is 34.9 Å². The summed E-state index contributed by atoms with van der Waals surface area (Å²) in [6.45, 7) is 4.52. The third kappa shape index (κ3) is 5.03. The standard InChI is InChI=1S/C28H30ClN3O3/c1-3-5-16-30-27(34)23(4-2)31(17-20-10-6-7-14-22(20)29)25(33)18-32-24-15-9-12-19-11-8-13-21(26(19)24)28(32)35/h6-15,23H,3-5,16-18H2,1-2H3,(H,30,34)/t23-/m0/s1. The number of carbonyl (C=O) groups excluding carboxylic acids is 3. The molecule has 0 fully saturated rings. The van der Waals surface area contributed by atoms with E-state index in [4.69, 9.17) is 11.6 Å². The van der Waals surface area contributed by atoms with Gasteiger partial charge in [-0.2, -0.15) is 0 Å². The lowest BCUT2D eigenvalue weighted by Gasteiger charge is -2.32. The zero-order valence-corrected chi connectivity index (χ0v) is 20.8. The smallest absolute Gasteiger partial charge is 0.259 e. The van der Waals surface area contributed by atoms with Crippen molar-refractivity contribution >= 4 is 45.8 Å². The number of rotatable bonds is 10. The summed E-state index contributed by atoms with van der Waals surface area (Å²) in [4.78, 5) is 43.2. The molecule has 3 aromatic rings. The van der Waals surface area contributed by atoms with E-state index in [9.17, 15) is 14.4 Å². The number of benzene rings is 3. The number of anilines is 1. The molecule has 3 amide bonds. The Bertz CT molecular complexity index is 1250. The van der Waals surface area contributed by atoms with Crippen LogP contribution in [0.2, 0.25) is 5.02 Å². The number of unbranched alkanes of at least 4 members (excludes halogenated alkanes) is 1. The highest BCUT2D eigenvalue weighted by Crippen LogP contribution is 2.37. The molecule has 0 aliphatic carbocycles. The van der Waals surface area contributed by atoms with Crippen molar-refractivity contribution in [3.05, 3.63) is 76.8 Å². The van der Waals surface area contributed by atoms with Crippen LogP contribution >= 0.6 is 11.6 Å². The Balaban J connectivity index is 1.63. The fourth-order valence-corrected chi connectivity index (χ4v) is 4.79. The van der Waals surface area contributed by atoms with Gasteiger partial charge >= 0.3 is 0 Å². The summed E-state index contributed by atoms with van der Waals surface area (Å²) in [6, 6.07) is 17.9. The van der Waals surface area contributed by atoms with Crippen LogP contribution in [0.4, 0.5) is 5.69 Å². The largest absolute Gasteiger partial charge is 0.354 e. The van der Waals surface area contributed by atoms with Crippen molar-refractivity contribution in [3.63, 3.8) is 0 Å². The number of carbonyl (C=O) groups is 3. The molecule has 4 rings (SSSR count). The van der Waals surface area contributed by atoms with E-state index in [-0.39, 0.29) is 30.8 Å². The lowest BCUT2D eigenvalue weighted by molar-refractivity contribution is -0.140. The topological polar surface area (TPSA) is 69.7 Å². The highest BCUT2D eigenvalue weighted by Gasteiger charge is 2.35. The molecular weight excluding hydrogens is 462 g/mol. The predicted molar refractivity (Wildman–Crippen MR) is 140 cm³/mol. The molecule has 35 heavy (non-hydrogen) atoms. The van der Waals surface area contributed by atoms with Crippen molar-refractivity contribution in [3.8, 4) is 0 Å². The Hall–Kier alpha value is -3.38. The predicted octanol–water partition coefficient (Wildman–Crippen LogP) is 5.18.